The second kappa shape index (κ2) is 5.46. The van der Waals surface area contributed by atoms with Crippen molar-refractivity contribution < 1.29 is 4.79 Å². The molecular weight excluding hydrogens is 320 g/mol. The first-order chi connectivity index (χ1) is 10.2. The Hall–Kier alpha value is -0.200. The molecule has 0 radical (unpaired) electrons. The van der Waals surface area contributed by atoms with Crippen molar-refractivity contribution in [2.24, 2.45) is 17.8 Å². The van der Waals surface area contributed by atoms with Crippen LogP contribution in [-0.4, -0.2) is 26.5 Å². The number of hydrogen-bond acceptors (Lipinski definition) is 5. The van der Waals surface area contributed by atoms with Crippen molar-refractivity contribution in [2.75, 3.05) is 16.8 Å². The van der Waals surface area contributed by atoms with Gasteiger partial charge in [0.15, 0.2) is 5.13 Å². The topological polar surface area (TPSA) is 42.0 Å². The molecule has 1 N–H and O–H groups in total. The van der Waals surface area contributed by atoms with Gasteiger partial charge in [0.05, 0.1) is 9.77 Å². The fourth-order valence-corrected chi connectivity index (χ4v) is 8.86. The molecule has 1 aliphatic heterocycles. The van der Waals surface area contributed by atoms with Crippen LogP contribution in [0.2, 0.25) is 0 Å². The Labute approximate surface area is 138 Å². The second-order valence-electron chi connectivity index (χ2n) is 6.34. The van der Waals surface area contributed by atoms with Crippen LogP contribution in [0.4, 0.5) is 5.13 Å². The first-order valence-electron chi connectivity index (χ1n) is 7.68. The molecule has 1 saturated heterocycles. The van der Waals surface area contributed by atoms with Crippen LogP contribution >= 0.6 is 34.9 Å². The molecule has 2 heterocycles. The number of aromatic nitrogens is 1. The van der Waals surface area contributed by atoms with E-state index in [4.69, 9.17) is 0 Å². The van der Waals surface area contributed by atoms with E-state index in [1.807, 2.05) is 12.3 Å². The van der Waals surface area contributed by atoms with E-state index in [0.29, 0.717) is 4.08 Å². The quantitative estimate of drug-likeness (QED) is 0.883. The maximum atomic E-state index is 12.5. The third-order valence-corrected chi connectivity index (χ3v) is 9.99. The van der Waals surface area contributed by atoms with Crippen LogP contribution in [0.3, 0.4) is 0 Å². The monoisotopic (exact) mass is 340 g/mol. The van der Waals surface area contributed by atoms with Crippen LogP contribution < -0.4 is 5.32 Å². The Bertz CT molecular complexity index is 537. The molecule has 1 amide bonds. The minimum absolute atomic E-state index is 0.194. The lowest BCUT2D eigenvalue weighted by atomic mass is 9.79. The highest BCUT2D eigenvalue weighted by Crippen LogP contribution is 2.65. The van der Waals surface area contributed by atoms with Gasteiger partial charge < -0.3 is 5.32 Å². The predicted octanol–water partition coefficient (Wildman–Crippen LogP) is 4.00. The van der Waals surface area contributed by atoms with E-state index in [1.54, 1.807) is 0 Å². The number of thiazole rings is 1. The van der Waals surface area contributed by atoms with Gasteiger partial charge in [-0.1, -0.05) is 0 Å². The first-order valence-corrected chi connectivity index (χ1v) is 10.5. The number of nitrogens with zero attached hydrogens (tertiary/aromatic N) is 1. The Morgan fingerprint density at radius 1 is 1.29 bits per heavy atom. The first kappa shape index (κ1) is 14.4. The van der Waals surface area contributed by atoms with Gasteiger partial charge in [-0.25, -0.2) is 4.98 Å². The maximum Gasteiger partial charge on any atom is 0.229 e. The Morgan fingerprint density at radius 3 is 2.52 bits per heavy atom. The van der Waals surface area contributed by atoms with Gasteiger partial charge in [0, 0.05) is 22.8 Å². The molecule has 3 nitrogen and oxygen atoms in total. The second-order valence-corrected chi connectivity index (χ2v) is 10.2. The highest BCUT2D eigenvalue weighted by Gasteiger charge is 2.57. The van der Waals surface area contributed by atoms with E-state index in [0.717, 1.165) is 35.5 Å². The highest BCUT2D eigenvalue weighted by atomic mass is 32.2. The Balaban J connectivity index is 1.45. The molecule has 2 bridgehead atoms. The van der Waals surface area contributed by atoms with Gasteiger partial charge >= 0.3 is 0 Å². The van der Waals surface area contributed by atoms with E-state index >= 15 is 0 Å². The zero-order valence-electron chi connectivity index (χ0n) is 12.1. The molecule has 0 aromatic carbocycles. The van der Waals surface area contributed by atoms with Crippen LogP contribution in [-0.2, 0) is 4.79 Å². The molecular formula is C15H20N2OS3. The molecule has 2 atom stereocenters. The minimum atomic E-state index is 0.194. The smallest absolute Gasteiger partial charge is 0.229 e. The highest BCUT2D eigenvalue weighted by molar-refractivity contribution is 8.21. The lowest BCUT2D eigenvalue weighted by Gasteiger charge is -2.42. The van der Waals surface area contributed by atoms with E-state index in [1.165, 1.54) is 35.7 Å². The maximum absolute atomic E-state index is 12.5. The van der Waals surface area contributed by atoms with E-state index in [9.17, 15) is 4.79 Å². The molecule has 1 aromatic rings. The summed E-state index contributed by atoms with van der Waals surface area (Å²) in [7, 11) is 0. The number of thioether (sulfide) groups is 2. The number of rotatable bonds is 2. The van der Waals surface area contributed by atoms with Crippen molar-refractivity contribution in [1.29, 1.82) is 0 Å². The standard InChI is InChI=1S/C15H20N2OS3/c1-9-8-19-14(16-9)17-13(18)10-6-11-2-3-12(7-10)15(11)20-4-5-21-15/h8,10-12H,2-7H2,1H3,(H,16,17,18). The van der Waals surface area contributed by atoms with Gasteiger partial charge in [0.2, 0.25) is 5.91 Å². The summed E-state index contributed by atoms with van der Waals surface area (Å²) in [5.74, 6) is 4.47. The van der Waals surface area contributed by atoms with Crippen molar-refractivity contribution in [3.63, 3.8) is 0 Å². The van der Waals surface area contributed by atoms with Crippen molar-refractivity contribution >= 4 is 45.9 Å². The van der Waals surface area contributed by atoms with Gasteiger partial charge in [-0.15, -0.1) is 34.9 Å². The van der Waals surface area contributed by atoms with Crippen LogP contribution in [0.15, 0.2) is 5.38 Å². The van der Waals surface area contributed by atoms with Crippen LogP contribution in [0, 0.1) is 24.7 Å². The summed E-state index contributed by atoms with van der Waals surface area (Å²) in [6, 6.07) is 0. The van der Waals surface area contributed by atoms with Crippen LogP contribution in [0.5, 0.6) is 0 Å². The molecule has 2 unspecified atom stereocenters. The van der Waals surface area contributed by atoms with Gasteiger partial charge in [0.1, 0.15) is 0 Å². The van der Waals surface area contributed by atoms with Gasteiger partial charge in [-0.2, -0.15) is 0 Å². The van der Waals surface area contributed by atoms with Gasteiger partial charge in [-0.05, 0) is 44.4 Å². The third kappa shape index (κ3) is 2.43. The molecule has 6 heteroatoms. The number of hydrogen-bond donors (Lipinski definition) is 1. The zero-order chi connectivity index (χ0) is 14.4. The third-order valence-electron chi connectivity index (χ3n) is 5.10. The summed E-state index contributed by atoms with van der Waals surface area (Å²) in [4.78, 5) is 16.9. The fraction of sp³-hybridized carbons (Fsp3) is 0.733. The summed E-state index contributed by atoms with van der Waals surface area (Å²) in [6.45, 7) is 1.96. The number of amides is 1. The Morgan fingerprint density at radius 2 is 1.95 bits per heavy atom. The molecule has 21 heavy (non-hydrogen) atoms. The summed E-state index contributed by atoms with van der Waals surface area (Å²) < 4.78 is 0.467. The lowest BCUT2D eigenvalue weighted by molar-refractivity contribution is -0.121. The van der Waals surface area contributed by atoms with Gasteiger partial charge in [0.25, 0.3) is 0 Å². The SMILES string of the molecule is Cc1csc(NC(=O)C2CC3CCC(C2)C32SCCS2)n1. The van der Waals surface area contributed by atoms with Crippen LogP contribution in [0.1, 0.15) is 31.4 Å². The number of anilines is 1. The van der Waals surface area contributed by atoms with E-state index < -0.39 is 0 Å². The predicted molar refractivity (Wildman–Crippen MR) is 92.1 cm³/mol. The fourth-order valence-electron chi connectivity index (χ4n) is 4.23. The molecule has 3 aliphatic rings. The normalized spacial score (nSPS) is 33.5. The zero-order valence-corrected chi connectivity index (χ0v) is 14.6. The van der Waals surface area contributed by atoms with Crippen molar-refractivity contribution in [3.05, 3.63) is 11.1 Å². The molecule has 4 rings (SSSR count). The average molecular weight is 341 g/mol. The molecule has 2 saturated carbocycles. The minimum Gasteiger partial charge on any atom is -0.302 e. The van der Waals surface area contributed by atoms with Gasteiger partial charge in [-0.3, -0.25) is 4.79 Å². The summed E-state index contributed by atoms with van der Waals surface area (Å²) in [6.07, 6.45) is 4.80. The number of carbonyl (C=O) groups is 1. The largest absolute Gasteiger partial charge is 0.302 e. The van der Waals surface area contributed by atoms with E-state index in [2.05, 4.69) is 33.8 Å². The molecule has 3 fully saturated rings. The molecule has 1 spiro atoms. The van der Waals surface area contributed by atoms with Crippen molar-refractivity contribution in [3.8, 4) is 0 Å². The summed E-state index contributed by atoms with van der Waals surface area (Å²) >= 11 is 5.90. The lowest BCUT2D eigenvalue weighted by Crippen LogP contribution is -2.41. The van der Waals surface area contributed by atoms with Crippen molar-refractivity contribution in [1.82, 2.24) is 4.98 Å². The summed E-state index contributed by atoms with van der Waals surface area (Å²) in [5.41, 5.74) is 0.983. The number of nitrogens with one attached hydrogen (secondary N) is 1. The molecule has 114 valence electrons. The van der Waals surface area contributed by atoms with Crippen LogP contribution in [0.25, 0.3) is 0 Å². The molecule has 1 aromatic heterocycles. The average Bonchev–Trinajstić information content (AvgIpc) is 3.13. The molecule has 2 aliphatic carbocycles. The number of aryl methyl sites for hydroxylation is 1. The van der Waals surface area contributed by atoms with Crippen molar-refractivity contribution in [2.45, 2.75) is 36.7 Å². The Kier molecular flexibility index (Phi) is 3.74. The van der Waals surface area contributed by atoms with E-state index in [-0.39, 0.29) is 11.8 Å². The number of carbonyl (C=O) groups excluding carboxylic acids is 1. The summed E-state index contributed by atoms with van der Waals surface area (Å²) in [5, 5.41) is 5.78.